The van der Waals surface area contributed by atoms with Crippen molar-refractivity contribution in [2.24, 2.45) is 16.9 Å². The van der Waals surface area contributed by atoms with E-state index in [-0.39, 0.29) is 18.0 Å². The Morgan fingerprint density at radius 3 is 2.00 bits per heavy atom. The first kappa shape index (κ1) is 19.5. The van der Waals surface area contributed by atoms with Gasteiger partial charge in [-0.25, -0.2) is 9.59 Å². The molecule has 0 fully saturated rings. The van der Waals surface area contributed by atoms with Crippen molar-refractivity contribution in [2.75, 3.05) is 6.54 Å². The van der Waals surface area contributed by atoms with Crippen molar-refractivity contribution in [1.82, 2.24) is 5.32 Å². The summed E-state index contributed by atoms with van der Waals surface area (Å²) in [7, 11) is 0. The van der Waals surface area contributed by atoms with E-state index >= 15 is 0 Å². The summed E-state index contributed by atoms with van der Waals surface area (Å²) >= 11 is 0. The molecule has 0 saturated carbocycles. The van der Waals surface area contributed by atoms with Gasteiger partial charge in [0, 0.05) is 19.0 Å². The Morgan fingerprint density at radius 2 is 1.67 bits per heavy atom. The lowest BCUT2D eigenvalue weighted by Crippen LogP contribution is -2.47. The van der Waals surface area contributed by atoms with Crippen LogP contribution in [0.1, 0.15) is 48.0 Å². The molecule has 5 N–H and O–H groups in total. The Kier molecular flexibility index (Phi) is 6.96. The van der Waals surface area contributed by atoms with Gasteiger partial charge in [0.25, 0.3) is 0 Å². The molecule has 1 unspecified atom stereocenters. The summed E-state index contributed by atoms with van der Waals surface area (Å²) in [4.78, 5) is 22.8. The van der Waals surface area contributed by atoms with Gasteiger partial charge in [0.05, 0.1) is 0 Å². The molecule has 0 spiro atoms. The van der Waals surface area contributed by atoms with Gasteiger partial charge in [-0.05, 0) is 26.2 Å². The van der Waals surface area contributed by atoms with Gasteiger partial charge < -0.3 is 26.3 Å². The Bertz CT molecular complexity index is 358. The number of amides is 2. The van der Waals surface area contributed by atoms with Gasteiger partial charge in [-0.2, -0.15) is 0 Å². The number of ether oxygens (including phenoxy) is 2. The lowest BCUT2D eigenvalue weighted by atomic mass is 9.85. The molecule has 0 aliphatic carbocycles. The summed E-state index contributed by atoms with van der Waals surface area (Å²) in [5.41, 5.74) is 9.84. The summed E-state index contributed by atoms with van der Waals surface area (Å²) in [6, 6.07) is -0.372. The lowest BCUT2D eigenvalue weighted by molar-refractivity contribution is 0.0212. The van der Waals surface area contributed by atoms with Crippen LogP contribution in [0.4, 0.5) is 9.59 Å². The topological polar surface area (TPSA) is 117 Å². The van der Waals surface area contributed by atoms with Gasteiger partial charge in [0.2, 0.25) is 0 Å². The molecular weight excluding hydrogens is 274 g/mol. The second-order valence-electron chi connectivity index (χ2n) is 7.11. The monoisotopic (exact) mass is 303 g/mol. The third-order valence-corrected chi connectivity index (χ3v) is 2.73. The van der Waals surface area contributed by atoms with Crippen LogP contribution in [-0.2, 0) is 9.47 Å². The number of carbonyl (C=O) groups is 2. The molecule has 0 aromatic rings. The number of alkyl carbamates (subject to hydrolysis) is 1. The number of rotatable bonds is 5. The van der Waals surface area contributed by atoms with Crippen LogP contribution in [0.25, 0.3) is 0 Å². The molecule has 7 heteroatoms. The quantitative estimate of drug-likeness (QED) is 0.715. The van der Waals surface area contributed by atoms with E-state index in [1.54, 1.807) is 20.8 Å². The predicted molar refractivity (Wildman–Crippen MR) is 80.7 cm³/mol. The highest BCUT2D eigenvalue weighted by Gasteiger charge is 2.31. The molecule has 2 amide bonds. The number of nitrogens with two attached hydrogens (primary N) is 2. The SMILES string of the molecule is CC(C)(C)OC(=O)N[C@H](CN)CC(OC(N)=O)C(C)(C)C. The van der Waals surface area contributed by atoms with Crippen LogP contribution in [-0.4, -0.2) is 36.5 Å². The second kappa shape index (κ2) is 7.49. The Balaban J connectivity index is 4.71. The number of nitrogens with one attached hydrogen (secondary N) is 1. The van der Waals surface area contributed by atoms with Crippen LogP contribution in [0.5, 0.6) is 0 Å². The van der Waals surface area contributed by atoms with Crippen LogP contribution in [0.15, 0.2) is 0 Å². The number of carbonyl (C=O) groups excluding carboxylic acids is 2. The minimum Gasteiger partial charge on any atom is -0.446 e. The van der Waals surface area contributed by atoms with E-state index in [0.717, 1.165) is 0 Å². The van der Waals surface area contributed by atoms with E-state index in [9.17, 15) is 9.59 Å². The van der Waals surface area contributed by atoms with Crippen molar-refractivity contribution >= 4 is 12.2 Å². The third-order valence-electron chi connectivity index (χ3n) is 2.73. The van der Waals surface area contributed by atoms with E-state index in [1.807, 2.05) is 20.8 Å². The maximum Gasteiger partial charge on any atom is 0.407 e. The predicted octanol–water partition coefficient (Wildman–Crippen LogP) is 1.74. The van der Waals surface area contributed by atoms with E-state index < -0.39 is 23.9 Å². The molecule has 0 saturated heterocycles. The molecule has 0 rings (SSSR count). The number of hydrogen-bond acceptors (Lipinski definition) is 5. The van der Waals surface area contributed by atoms with Crippen LogP contribution in [0, 0.1) is 5.41 Å². The van der Waals surface area contributed by atoms with Crippen molar-refractivity contribution < 1.29 is 19.1 Å². The molecule has 2 atom stereocenters. The van der Waals surface area contributed by atoms with Crippen LogP contribution < -0.4 is 16.8 Å². The average Bonchev–Trinajstić information content (AvgIpc) is 2.22. The summed E-state index contributed by atoms with van der Waals surface area (Å²) in [6.45, 7) is 11.3. The number of primary amides is 1. The molecule has 0 aliphatic heterocycles. The molecule has 0 aromatic heterocycles. The van der Waals surface area contributed by atoms with Gasteiger partial charge in [0.1, 0.15) is 11.7 Å². The molecule has 0 radical (unpaired) electrons. The van der Waals surface area contributed by atoms with E-state index in [4.69, 9.17) is 20.9 Å². The highest BCUT2D eigenvalue weighted by atomic mass is 16.6. The van der Waals surface area contributed by atoms with Crippen molar-refractivity contribution in [3.05, 3.63) is 0 Å². The smallest absolute Gasteiger partial charge is 0.407 e. The minimum atomic E-state index is -0.844. The van der Waals surface area contributed by atoms with E-state index in [0.29, 0.717) is 6.42 Å². The zero-order valence-corrected chi connectivity index (χ0v) is 13.9. The Morgan fingerprint density at radius 1 is 1.14 bits per heavy atom. The first-order valence-electron chi connectivity index (χ1n) is 7.01. The second-order valence-corrected chi connectivity index (χ2v) is 7.11. The standard InChI is InChI=1S/C14H29N3O4/c1-13(2,3)10(20-11(16)18)7-9(8-15)17-12(19)21-14(4,5)6/h9-10H,7-8,15H2,1-6H3,(H2,16,18)(H,17,19)/t9-,10?/m0/s1. The summed E-state index contributed by atoms with van der Waals surface area (Å²) in [5, 5.41) is 2.68. The zero-order valence-electron chi connectivity index (χ0n) is 13.9. The molecular formula is C14H29N3O4. The molecule has 7 nitrogen and oxygen atoms in total. The maximum absolute atomic E-state index is 11.8. The van der Waals surface area contributed by atoms with Crippen molar-refractivity contribution in [1.29, 1.82) is 0 Å². The Hall–Kier alpha value is -1.50. The fourth-order valence-electron chi connectivity index (χ4n) is 1.67. The van der Waals surface area contributed by atoms with Gasteiger partial charge in [-0.15, -0.1) is 0 Å². The summed E-state index contributed by atoms with van der Waals surface area (Å²) in [6.07, 6.45) is -1.49. The highest BCUT2D eigenvalue weighted by Crippen LogP contribution is 2.26. The molecule has 124 valence electrons. The van der Waals surface area contributed by atoms with Gasteiger partial charge in [-0.3, -0.25) is 0 Å². The normalized spacial score (nSPS) is 15.0. The summed E-state index contributed by atoms with van der Waals surface area (Å²) < 4.78 is 10.3. The van der Waals surface area contributed by atoms with Gasteiger partial charge in [-0.1, -0.05) is 20.8 Å². The van der Waals surface area contributed by atoms with Crippen LogP contribution in [0.2, 0.25) is 0 Å². The van der Waals surface area contributed by atoms with E-state index in [2.05, 4.69) is 5.32 Å². The first-order valence-corrected chi connectivity index (χ1v) is 7.01. The van der Waals surface area contributed by atoms with Crippen molar-refractivity contribution in [3.63, 3.8) is 0 Å². The molecule has 0 aliphatic rings. The third kappa shape index (κ3) is 9.12. The molecule has 21 heavy (non-hydrogen) atoms. The van der Waals surface area contributed by atoms with Crippen molar-refractivity contribution in [2.45, 2.75) is 65.7 Å². The van der Waals surface area contributed by atoms with E-state index in [1.165, 1.54) is 0 Å². The first-order chi connectivity index (χ1) is 9.35. The average molecular weight is 303 g/mol. The van der Waals surface area contributed by atoms with Crippen LogP contribution in [0.3, 0.4) is 0 Å². The van der Waals surface area contributed by atoms with Gasteiger partial charge >= 0.3 is 12.2 Å². The number of hydrogen-bond donors (Lipinski definition) is 3. The summed E-state index contributed by atoms with van der Waals surface area (Å²) in [5.74, 6) is 0. The fourth-order valence-corrected chi connectivity index (χ4v) is 1.67. The molecule has 0 aromatic carbocycles. The van der Waals surface area contributed by atoms with Gasteiger partial charge in [0.15, 0.2) is 0 Å². The zero-order chi connectivity index (χ0) is 16.8. The lowest BCUT2D eigenvalue weighted by Gasteiger charge is -2.32. The molecule has 0 bridgehead atoms. The fraction of sp³-hybridized carbons (Fsp3) is 0.857. The maximum atomic E-state index is 11.8. The molecule has 0 heterocycles. The largest absolute Gasteiger partial charge is 0.446 e. The highest BCUT2D eigenvalue weighted by molar-refractivity contribution is 5.68. The Labute approximate surface area is 126 Å². The minimum absolute atomic E-state index is 0.202. The van der Waals surface area contributed by atoms with Crippen molar-refractivity contribution in [3.8, 4) is 0 Å². The van der Waals surface area contributed by atoms with Crippen LogP contribution >= 0.6 is 0 Å².